The molecule has 2 fully saturated rings. The molecule has 7 nitrogen and oxygen atoms in total. The summed E-state index contributed by atoms with van der Waals surface area (Å²) < 4.78 is 11.2. The summed E-state index contributed by atoms with van der Waals surface area (Å²) in [5.41, 5.74) is 0. The Bertz CT molecular complexity index is 538. The fraction of sp³-hybridized carbons (Fsp3) is 0.706. The van der Waals surface area contributed by atoms with E-state index in [-0.39, 0.29) is 24.7 Å². The molecule has 7 heteroatoms. The summed E-state index contributed by atoms with van der Waals surface area (Å²) >= 11 is 0. The van der Waals surface area contributed by atoms with Crippen molar-refractivity contribution in [1.82, 2.24) is 15.1 Å². The van der Waals surface area contributed by atoms with E-state index in [0.717, 1.165) is 37.5 Å². The second-order valence-electron chi connectivity index (χ2n) is 6.45. The maximum absolute atomic E-state index is 12.5. The third-order valence-electron chi connectivity index (χ3n) is 4.61. The van der Waals surface area contributed by atoms with E-state index < -0.39 is 0 Å². The van der Waals surface area contributed by atoms with Crippen LogP contribution in [0.5, 0.6) is 0 Å². The van der Waals surface area contributed by atoms with E-state index >= 15 is 0 Å². The van der Waals surface area contributed by atoms with Gasteiger partial charge in [-0.3, -0.25) is 4.90 Å². The highest BCUT2D eigenvalue weighted by molar-refractivity contribution is 5.75. The van der Waals surface area contributed by atoms with Crippen LogP contribution < -0.4 is 5.32 Å². The molecule has 24 heavy (non-hydrogen) atoms. The Morgan fingerprint density at radius 2 is 2.17 bits per heavy atom. The Hall–Kier alpha value is -1.57. The zero-order valence-electron chi connectivity index (χ0n) is 14.2. The Kier molecular flexibility index (Phi) is 5.76. The topological polar surface area (TPSA) is 78.2 Å². The molecule has 1 aromatic rings. The molecule has 0 bridgehead atoms. The van der Waals surface area contributed by atoms with E-state index in [2.05, 4.69) is 10.2 Å². The van der Waals surface area contributed by atoms with Crippen molar-refractivity contribution in [2.45, 2.75) is 31.8 Å². The standard InChI is InChI=1S/C17H27N3O4/c1-13-2-5-16(24-13)15(19-7-10-23-11-8-19)12-18-17(22)20(6-9-21)14-3-4-14/h2,5,14-15,21H,3-4,6-12H2,1H3,(H,18,22)/t15-/m0/s1. The number of nitrogens with one attached hydrogen (secondary N) is 1. The van der Waals surface area contributed by atoms with Crippen LogP contribution in [0, 0.1) is 6.92 Å². The van der Waals surface area contributed by atoms with E-state index in [0.29, 0.717) is 26.3 Å². The quantitative estimate of drug-likeness (QED) is 0.780. The highest BCUT2D eigenvalue weighted by Crippen LogP contribution is 2.27. The van der Waals surface area contributed by atoms with Crippen LogP contribution >= 0.6 is 0 Å². The number of morpholine rings is 1. The van der Waals surface area contributed by atoms with Crippen LogP contribution in [0.1, 0.15) is 30.4 Å². The van der Waals surface area contributed by atoms with Gasteiger partial charge in [0.1, 0.15) is 11.5 Å². The third kappa shape index (κ3) is 4.28. The van der Waals surface area contributed by atoms with Crippen molar-refractivity contribution < 1.29 is 19.1 Å². The van der Waals surface area contributed by atoms with E-state index in [1.165, 1.54) is 0 Å². The van der Waals surface area contributed by atoms with E-state index in [1.54, 1.807) is 4.90 Å². The first-order valence-electron chi connectivity index (χ1n) is 8.72. The van der Waals surface area contributed by atoms with Crippen LogP contribution in [0.3, 0.4) is 0 Å². The van der Waals surface area contributed by atoms with Crippen LogP contribution in [-0.2, 0) is 4.74 Å². The minimum atomic E-state index is -0.104. The first-order chi connectivity index (χ1) is 11.7. The monoisotopic (exact) mass is 337 g/mol. The molecule has 134 valence electrons. The van der Waals surface area contributed by atoms with Crippen LogP contribution in [-0.4, -0.2) is 73.0 Å². The maximum Gasteiger partial charge on any atom is 0.317 e. The summed E-state index contributed by atoms with van der Waals surface area (Å²) in [4.78, 5) is 16.5. The van der Waals surface area contributed by atoms with Crippen LogP contribution in [0.4, 0.5) is 4.79 Å². The van der Waals surface area contributed by atoms with E-state index in [9.17, 15) is 4.79 Å². The summed E-state index contributed by atoms with van der Waals surface area (Å²) in [6.45, 7) is 5.83. The van der Waals surface area contributed by atoms with Gasteiger partial charge >= 0.3 is 6.03 Å². The van der Waals surface area contributed by atoms with Crippen molar-refractivity contribution in [2.24, 2.45) is 0 Å². The minimum Gasteiger partial charge on any atom is -0.465 e. The largest absolute Gasteiger partial charge is 0.465 e. The number of hydrogen-bond donors (Lipinski definition) is 2. The summed E-state index contributed by atoms with van der Waals surface area (Å²) in [7, 11) is 0. The molecule has 0 unspecified atom stereocenters. The summed E-state index contributed by atoms with van der Waals surface area (Å²) in [5.74, 6) is 1.74. The van der Waals surface area contributed by atoms with Crippen LogP contribution in [0.15, 0.2) is 16.5 Å². The Balaban J connectivity index is 1.63. The Morgan fingerprint density at radius 1 is 1.42 bits per heavy atom. The van der Waals surface area contributed by atoms with Crippen molar-refractivity contribution in [3.63, 3.8) is 0 Å². The molecule has 1 saturated heterocycles. The zero-order valence-corrected chi connectivity index (χ0v) is 14.2. The molecular formula is C17H27N3O4. The van der Waals surface area contributed by atoms with Crippen molar-refractivity contribution in [2.75, 3.05) is 46.0 Å². The number of amides is 2. The lowest BCUT2D eigenvalue weighted by Gasteiger charge is -2.34. The number of aliphatic hydroxyl groups is 1. The van der Waals surface area contributed by atoms with Gasteiger partial charge in [-0.25, -0.2) is 4.79 Å². The average Bonchev–Trinajstić information content (AvgIpc) is 3.35. The molecule has 1 atom stereocenters. The first-order valence-corrected chi connectivity index (χ1v) is 8.72. The summed E-state index contributed by atoms with van der Waals surface area (Å²) in [5, 5.41) is 12.2. The second kappa shape index (κ2) is 8.00. The number of ether oxygens (including phenoxy) is 1. The molecule has 1 aliphatic heterocycles. The van der Waals surface area contributed by atoms with Crippen LogP contribution in [0.25, 0.3) is 0 Å². The van der Waals surface area contributed by atoms with Gasteiger partial charge in [0, 0.05) is 32.2 Å². The lowest BCUT2D eigenvalue weighted by atomic mass is 10.1. The number of carbonyl (C=O) groups is 1. The second-order valence-corrected chi connectivity index (χ2v) is 6.45. The normalized spacial score (nSPS) is 19.9. The predicted molar refractivity (Wildman–Crippen MR) is 88.8 cm³/mol. The van der Waals surface area contributed by atoms with Gasteiger partial charge in [0.05, 0.1) is 25.9 Å². The number of aryl methyl sites for hydroxylation is 1. The molecule has 2 aliphatic rings. The van der Waals surface area contributed by atoms with Gasteiger partial charge in [-0.1, -0.05) is 0 Å². The van der Waals surface area contributed by atoms with Gasteiger partial charge < -0.3 is 24.5 Å². The van der Waals surface area contributed by atoms with Gasteiger partial charge in [-0.05, 0) is 31.9 Å². The molecule has 2 N–H and O–H groups in total. The average molecular weight is 337 g/mol. The van der Waals surface area contributed by atoms with Gasteiger partial charge in [-0.15, -0.1) is 0 Å². The number of urea groups is 1. The smallest absolute Gasteiger partial charge is 0.317 e. The molecule has 2 heterocycles. The molecule has 0 spiro atoms. The number of carbonyl (C=O) groups excluding carboxylic acids is 1. The van der Waals surface area contributed by atoms with Crippen molar-refractivity contribution in [3.05, 3.63) is 23.7 Å². The van der Waals surface area contributed by atoms with E-state index in [1.807, 2.05) is 19.1 Å². The lowest BCUT2D eigenvalue weighted by molar-refractivity contribution is 0.0118. The molecular weight excluding hydrogens is 310 g/mol. The van der Waals surface area contributed by atoms with Crippen LogP contribution in [0.2, 0.25) is 0 Å². The molecule has 3 rings (SSSR count). The summed E-state index contributed by atoms with van der Waals surface area (Å²) in [6, 6.07) is 4.11. The number of hydrogen-bond acceptors (Lipinski definition) is 5. The van der Waals surface area contributed by atoms with Gasteiger partial charge in [0.25, 0.3) is 0 Å². The first kappa shape index (κ1) is 17.3. The molecule has 0 aromatic carbocycles. The third-order valence-corrected chi connectivity index (χ3v) is 4.61. The number of furan rings is 1. The molecule has 1 aromatic heterocycles. The highest BCUT2D eigenvalue weighted by atomic mass is 16.5. The lowest BCUT2D eigenvalue weighted by Crippen LogP contribution is -2.48. The van der Waals surface area contributed by atoms with Gasteiger partial charge in [-0.2, -0.15) is 0 Å². The minimum absolute atomic E-state index is 0.00160. The Labute approximate surface area is 142 Å². The number of rotatable bonds is 7. The summed E-state index contributed by atoms with van der Waals surface area (Å²) in [6.07, 6.45) is 2.05. The molecule has 2 amide bonds. The van der Waals surface area contributed by atoms with Crippen molar-refractivity contribution in [1.29, 1.82) is 0 Å². The SMILES string of the molecule is Cc1ccc([C@H](CNC(=O)N(CCO)C2CC2)N2CCOCC2)o1. The predicted octanol–water partition coefficient (Wildman–Crippen LogP) is 1.13. The zero-order chi connectivity index (χ0) is 16.9. The fourth-order valence-corrected chi connectivity index (χ4v) is 3.16. The maximum atomic E-state index is 12.5. The van der Waals surface area contributed by atoms with Gasteiger partial charge in [0.15, 0.2) is 0 Å². The van der Waals surface area contributed by atoms with E-state index in [4.69, 9.17) is 14.3 Å². The number of aliphatic hydroxyl groups excluding tert-OH is 1. The molecule has 1 saturated carbocycles. The molecule has 0 radical (unpaired) electrons. The van der Waals surface area contributed by atoms with Gasteiger partial charge in [0.2, 0.25) is 0 Å². The fourth-order valence-electron chi connectivity index (χ4n) is 3.16. The van der Waals surface area contributed by atoms with Crippen molar-refractivity contribution in [3.8, 4) is 0 Å². The number of nitrogens with zero attached hydrogens (tertiary/aromatic N) is 2. The Morgan fingerprint density at radius 3 is 2.75 bits per heavy atom. The van der Waals surface area contributed by atoms with Crippen molar-refractivity contribution >= 4 is 6.03 Å². The molecule has 1 aliphatic carbocycles. The highest BCUT2D eigenvalue weighted by Gasteiger charge is 2.33.